The van der Waals surface area contributed by atoms with Crippen LogP contribution in [0.3, 0.4) is 0 Å². The van der Waals surface area contributed by atoms with Gasteiger partial charge in [-0.2, -0.15) is 0 Å². The topological polar surface area (TPSA) is 65.5 Å². The number of rotatable bonds is 4. The number of carbonyl (C=O) groups is 1. The van der Waals surface area contributed by atoms with Gasteiger partial charge in [-0.15, -0.1) is 0 Å². The maximum atomic E-state index is 12.4. The third kappa shape index (κ3) is 3.36. The summed E-state index contributed by atoms with van der Waals surface area (Å²) in [5.74, 6) is 0. The van der Waals surface area contributed by atoms with E-state index in [-0.39, 0.29) is 18.1 Å². The fourth-order valence-corrected chi connectivity index (χ4v) is 3.40. The first-order chi connectivity index (χ1) is 11.7. The van der Waals surface area contributed by atoms with E-state index in [1.165, 1.54) is 0 Å². The van der Waals surface area contributed by atoms with Crippen LogP contribution in [0.4, 0.5) is 4.79 Å². The Morgan fingerprint density at radius 1 is 1.29 bits per heavy atom. The van der Waals surface area contributed by atoms with E-state index in [0.717, 1.165) is 35.7 Å². The number of carbonyl (C=O) groups excluding carboxylic acids is 1. The largest absolute Gasteiger partial charge is 0.396 e. The lowest BCUT2D eigenvalue weighted by atomic mass is 9.77. The number of benzene rings is 1. The molecule has 0 bridgehead atoms. The van der Waals surface area contributed by atoms with Gasteiger partial charge in [-0.3, -0.25) is 4.98 Å². The third-order valence-corrected chi connectivity index (χ3v) is 5.37. The number of aliphatic hydroxyl groups excluding tert-OH is 1. The van der Waals surface area contributed by atoms with Crippen LogP contribution in [0, 0.1) is 5.41 Å². The van der Waals surface area contributed by atoms with Gasteiger partial charge in [0.25, 0.3) is 0 Å². The molecule has 5 nitrogen and oxygen atoms in total. The van der Waals surface area contributed by atoms with Crippen LogP contribution in [-0.4, -0.2) is 40.7 Å². The molecule has 1 saturated heterocycles. The van der Waals surface area contributed by atoms with Crippen LogP contribution in [0.25, 0.3) is 10.9 Å². The highest BCUT2D eigenvalue weighted by Crippen LogP contribution is 2.34. The molecule has 2 aromatic rings. The minimum absolute atomic E-state index is 0.00190. The smallest absolute Gasteiger partial charge is 0.317 e. The molecule has 1 aliphatic heterocycles. The summed E-state index contributed by atoms with van der Waals surface area (Å²) in [5, 5.41) is 13.7. The Kier molecular flexibility index (Phi) is 5.00. The van der Waals surface area contributed by atoms with Crippen molar-refractivity contribution in [1.82, 2.24) is 15.2 Å². The van der Waals surface area contributed by atoms with Crippen LogP contribution < -0.4 is 5.32 Å². The van der Waals surface area contributed by atoms with Crippen molar-refractivity contribution < 1.29 is 9.90 Å². The molecule has 0 aliphatic carbocycles. The number of aromatic nitrogens is 1. The van der Waals surface area contributed by atoms with Crippen LogP contribution in [-0.2, 0) is 6.54 Å². The molecule has 24 heavy (non-hydrogen) atoms. The van der Waals surface area contributed by atoms with Crippen molar-refractivity contribution in [3.63, 3.8) is 0 Å². The Hall–Kier alpha value is -2.14. The van der Waals surface area contributed by atoms with E-state index in [9.17, 15) is 9.90 Å². The lowest BCUT2D eigenvalue weighted by molar-refractivity contribution is 0.0519. The van der Waals surface area contributed by atoms with Crippen LogP contribution in [0.1, 0.15) is 31.7 Å². The average molecular weight is 327 g/mol. The zero-order valence-corrected chi connectivity index (χ0v) is 14.2. The second-order valence-corrected chi connectivity index (χ2v) is 6.64. The normalized spacial score (nSPS) is 17.0. The van der Waals surface area contributed by atoms with Gasteiger partial charge in [0.1, 0.15) is 0 Å². The monoisotopic (exact) mass is 327 g/mol. The summed E-state index contributed by atoms with van der Waals surface area (Å²) in [6, 6.07) is 9.88. The molecule has 5 heteroatoms. The van der Waals surface area contributed by atoms with E-state index in [2.05, 4.69) is 17.2 Å². The van der Waals surface area contributed by atoms with Crippen molar-refractivity contribution in [2.75, 3.05) is 19.7 Å². The molecular formula is C19H25N3O2. The van der Waals surface area contributed by atoms with Crippen LogP contribution >= 0.6 is 0 Å². The molecule has 1 aliphatic rings. The summed E-state index contributed by atoms with van der Waals surface area (Å²) in [5.41, 5.74) is 2.01. The van der Waals surface area contributed by atoms with Crippen molar-refractivity contribution in [1.29, 1.82) is 0 Å². The molecule has 1 aromatic carbocycles. The van der Waals surface area contributed by atoms with Crippen molar-refractivity contribution >= 4 is 16.9 Å². The van der Waals surface area contributed by atoms with E-state index in [1.54, 1.807) is 6.20 Å². The van der Waals surface area contributed by atoms with Gasteiger partial charge in [-0.1, -0.05) is 25.1 Å². The molecule has 0 unspecified atom stereocenters. The van der Waals surface area contributed by atoms with Gasteiger partial charge in [0.2, 0.25) is 0 Å². The molecule has 0 radical (unpaired) electrons. The van der Waals surface area contributed by atoms with Crippen molar-refractivity contribution in [2.24, 2.45) is 5.41 Å². The number of hydrogen-bond donors (Lipinski definition) is 2. The maximum Gasteiger partial charge on any atom is 0.317 e. The van der Waals surface area contributed by atoms with Crippen LogP contribution in [0.5, 0.6) is 0 Å². The minimum atomic E-state index is -0.0291. The fraction of sp³-hybridized carbons (Fsp3) is 0.474. The molecule has 0 saturated carbocycles. The van der Waals surface area contributed by atoms with Gasteiger partial charge in [0.05, 0.1) is 5.52 Å². The number of nitrogens with zero attached hydrogens (tertiary/aromatic N) is 2. The number of urea groups is 1. The van der Waals surface area contributed by atoms with Gasteiger partial charge >= 0.3 is 6.03 Å². The minimum Gasteiger partial charge on any atom is -0.396 e. The van der Waals surface area contributed by atoms with Gasteiger partial charge in [-0.25, -0.2) is 4.79 Å². The number of aliphatic hydroxyl groups is 1. The first-order valence-electron chi connectivity index (χ1n) is 8.64. The second kappa shape index (κ2) is 7.18. The Labute approximate surface area is 142 Å². The lowest BCUT2D eigenvalue weighted by Crippen LogP contribution is -2.48. The Morgan fingerprint density at radius 2 is 2.04 bits per heavy atom. The van der Waals surface area contributed by atoms with Crippen LogP contribution in [0.2, 0.25) is 0 Å². The van der Waals surface area contributed by atoms with Crippen molar-refractivity contribution in [3.8, 4) is 0 Å². The van der Waals surface area contributed by atoms with E-state index in [0.29, 0.717) is 19.6 Å². The highest BCUT2D eigenvalue weighted by atomic mass is 16.3. The summed E-state index contributed by atoms with van der Waals surface area (Å²) in [4.78, 5) is 18.6. The van der Waals surface area contributed by atoms with Gasteiger partial charge < -0.3 is 15.3 Å². The first kappa shape index (κ1) is 16.7. The van der Waals surface area contributed by atoms with Crippen LogP contribution in [0.15, 0.2) is 36.5 Å². The predicted molar refractivity (Wildman–Crippen MR) is 94.6 cm³/mol. The first-order valence-corrected chi connectivity index (χ1v) is 8.64. The number of hydrogen-bond acceptors (Lipinski definition) is 3. The molecule has 3 rings (SSSR count). The molecular weight excluding hydrogens is 302 g/mol. The number of para-hydroxylation sites is 1. The Balaban J connectivity index is 1.60. The highest BCUT2D eigenvalue weighted by molar-refractivity contribution is 5.82. The average Bonchev–Trinajstić information content (AvgIpc) is 2.66. The van der Waals surface area contributed by atoms with Crippen molar-refractivity contribution in [3.05, 3.63) is 42.1 Å². The van der Waals surface area contributed by atoms with Gasteiger partial charge in [0.15, 0.2) is 0 Å². The number of amides is 2. The van der Waals surface area contributed by atoms with E-state index >= 15 is 0 Å². The van der Waals surface area contributed by atoms with Gasteiger partial charge in [-0.05, 0) is 42.4 Å². The van der Waals surface area contributed by atoms with E-state index < -0.39 is 0 Å². The quantitative estimate of drug-likeness (QED) is 0.907. The summed E-state index contributed by atoms with van der Waals surface area (Å²) in [6.07, 6.45) is 4.47. The second-order valence-electron chi connectivity index (χ2n) is 6.64. The van der Waals surface area contributed by atoms with Gasteiger partial charge in [0, 0.05) is 37.8 Å². The molecule has 0 spiro atoms. The number of likely N-dealkylation sites (tertiary alicyclic amines) is 1. The third-order valence-electron chi connectivity index (χ3n) is 5.37. The summed E-state index contributed by atoms with van der Waals surface area (Å²) >= 11 is 0. The number of pyridine rings is 1. The fourth-order valence-electron chi connectivity index (χ4n) is 3.40. The molecule has 2 amide bonds. The molecule has 1 fully saturated rings. The maximum absolute atomic E-state index is 12.4. The Morgan fingerprint density at radius 3 is 2.75 bits per heavy atom. The molecule has 128 valence electrons. The zero-order valence-electron chi connectivity index (χ0n) is 14.2. The van der Waals surface area contributed by atoms with Crippen molar-refractivity contribution in [2.45, 2.75) is 32.7 Å². The number of nitrogens with one attached hydrogen (secondary N) is 1. The molecule has 2 N–H and O–H groups in total. The standard InChI is InChI=1S/C19H25N3O2/c1-2-19(14-23)8-11-22(12-9-19)18(24)21-13-15-7-10-20-17-6-4-3-5-16(15)17/h3-7,10,23H,2,8-9,11-14H2,1H3,(H,21,24). The summed E-state index contributed by atoms with van der Waals surface area (Å²) in [6.45, 7) is 4.23. The number of fused-ring (bicyclic) bond motifs is 1. The Bertz CT molecular complexity index is 697. The predicted octanol–water partition coefficient (Wildman–Crippen LogP) is 2.93. The lowest BCUT2D eigenvalue weighted by Gasteiger charge is -2.40. The highest BCUT2D eigenvalue weighted by Gasteiger charge is 2.33. The van der Waals surface area contributed by atoms with E-state index in [4.69, 9.17) is 0 Å². The summed E-state index contributed by atoms with van der Waals surface area (Å²) in [7, 11) is 0. The SMILES string of the molecule is CCC1(CO)CCN(C(=O)NCc2ccnc3ccccc23)CC1. The summed E-state index contributed by atoms with van der Waals surface area (Å²) < 4.78 is 0. The number of piperidine rings is 1. The molecule has 0 atom stereocenters. The molecule has 2 heterocycles. The molecule has 1 aromatic heterocycles. The van der Waals surface area contributed by atoms with E-state index in [1.807, 2.05) is 35.2 Å². The zero-order chi connectivity index (χ0) is 17.0.